The van der Waals surface area contributed by atoms with Gasteiger partial charge in [0.2, 0.25) is 0 Å². The predicted molar refractivity (Wildman–Crippen MR) is 66.7 cm³/mol. The number of ether oxygens (including phenoxy) is 2. The number of hydrogen-bond donors (Lipinski definition) is 1. The topological polar surface area (TPSA) is 30.5 Å². The van der Waals surface area contributed by atoms with E-state index >= 15 is 0 Å². The van der Waals surface area contributed by atoms with Gasteiger partial charge in [-0.05, 0) is 31.7 Å². The Labute approximate surface area is 99.9 Å². The van der Waals surface area contributed by atoms with Crippen LogP contribution in [0.25, 0.3) is 0 Å². The maximum Gasteiger partial charge on any atom is 0.0986 e. The van der Waals surface area contributed by atoms with E-state index in [0.717, 1.165) is 31.9 Å². The Kier molecular flexibility index (Phi) is 6.32. The van der Waals surface area contributed by atoms with E-state index in [2.05, 4.69) is 26.1 Å². The maximum atomic E-state index is 5.84. The van der Waals surface area contributed by atoms with E-state index < -0.39 is 0 Å². The first-order valence-electron chi connectivity index (χ1n) is 6.56. The molecular weight excluding hydrogens is 202 g/mol. The molecule has 1 saturated carbocycles. The van der Waals surface area contributed by atoms with Gasteiger partial charge < -0.3 is 14.8 Å². The van der Waals surface area contributed by atoms with Crippen LogP contribution < -0.4 is 5.32 Å². The Balaban J connectivity index is 2.10. The Morgan fingerprint density at radius 1 is 1.38 bits per heavy atom. The summed E-state index contributed by atoms with van der Waals surface area (Å²) in [5, 5.41) is 3.42. The number of hydrogen-bond acceptors (Lipinski definition) is 3. The van der Waals surface area contributed by atoms with E-state index in [-0.39, 0.29) is 6.10 Å². The van der Waals surface area contributed by atoms with Gasteiger partial charge in [0.05, 0.1) is 12.2 Å². The molecule has 0 saturated heterocycles. The average Bonchev–Trinajstić information content (AvgIpc) is 2.21. The van der Waals surface area contributed by atoms with E-state index in [1.807, 2.05) is 0 Å². The largest absolute Gasteiger partial charge is 0.377 e. The fourth-order valence-corrected chi connectivity index (χ4v) is 2.25. The van der Waals surface area contributed by atoms with Crippen molar-refractivity contribution >= 4 is 0 Å². The summed E-state index contributed by atoms with van der Waals surface area (Å²) in [6.07, 6.45) is 4.06. The van der Waals surface area contributed by atoms with Crippen molar-refractivity contribution in [2.75, 3.05) is 20.3 Å². The minimum atomic E-state index is 0.249. The molecule has 0 aromatic heterocycles. The molecule has 0 aromatic rings. The maximum absolute atomic E-state index is 5.84. The molecular formula is C13H27NO2. The monoisotopic (exact) mass is 229 g/mol. The zero-order chi connectivity index (χ0) is 12.0. The molecule has 96 valence electrons. The summed E-state index contributed by atoms with van der Waals surface area (Å²) in [4.78, 5) is 0. The van der Waals surface area contributed by atoms with Crippen molar-refractivity contribution in [2.45, 2.75) is 58.3 Å². The second-order valence-electron chi connectivity index (χ2n) is 5.05. The molecule has 0 aliphatic heterocycles. The van der Waals surface area contributed by atoms with E-state index in [9.17, 15) is 0 Å². The molecule has 3 nitrogen and oxygen atoms in total. The van der Waals surface area contributed by atoms with Crippen LogP contribution >= 0.6 is 0 Å². The number of nitrogens with one attached hydrogen (secondary N) is 1. The predicted octanol–water partition coefficient (Wildman–Crippen LogP) is 2.20. The molecule has 0 spiro atoms. The zero-order valence-electron chi connectivity index (χ0n) is 11.2. The average molecular weight is 229 g/mol. The molecule has 0 radical (unpaired) electrons. The normalized spacial score (nSPS) is 29.4. The van der Waals surface area contributed by atoms with E-state index in [4.69, 9.17) is 9.47 Å². The first-order chi connectivity index (χ1) is 7.69. The minimum Gasteiger partial charge on any atom is -0.377 e. The minimum absolute atomic E-state index is 0.249. The van der Waals surface area contributed by atoms with Gasteiger partial charge in [0.15, 0.2) is 0 Å². The molecule has 1 aliphatic carbocycles. The Morgan fingerprint density at radius 3 is 2.69 bits per heavy atom. The highest BCUT2D eigenvalue weighted by Gasteiger charge is 2.41. The molecule has 0 bridgehead atoms. The van der Waals surface area contributed by atoms with Crippen LogP contribution in [0.3, 0.4) is 0 Å². The fourth-order valence-electron chi connectivity index (χ4n) is 2.25. The highest BCUT2D eigenvalue weighted by molar-refractivity contribution is 4.96. The van der Waals surface area contributed by atoms with Crippen molar-refractivity contribution in [3.05, 3.63) is 0 Å². The van der Waals surface area contributed by atoms with Crippen LogP contribution in [0.2, 0.25) is 0 Å². The zero-order valence-corrected chi connectivity index (χ0v) is 11.2. The molecule has 1 rings (SSSR count). The second kappa shape index (κ2) is 7.25. The number of methoxy groups -OCH3 is 1. The number of likely N-dealkylation sites (N-methyl/N-ethyl adjacent to an activating group) is 1. The third-order valence-corrected chi connectivity index (χ3v) is 3.25. The van der Waals surface area contributed by atoms with Crippen LogP contribution in [0.4, 0.5) is 0 Å². The van der Waals surface area contributed by atoms with Gasteiger partial charge in [-0.2, -0.15) is 0 Å². The SMILES string of the molecule is CCNC1CC(OCCCC(C)C)C1OC. The summed E-state index contributed by atoms with van der Waals surface area (Å²) >= 11 is 0. The second-order valence-corrected chi connectivity index (χ2v) is 5.05. The summed E-state index contributed by atoms with van der Waals surface area (Å²) < 4.78 is 11.3. The standard InChI is InChI=1S/C13H27NO2/c1-5-14-11-9-12(13(11)15-4)16-8-6-7-10(2)3/h10-14H,5-9H2,1-4H3. The molecule has 0 heterocycles. The molecule has 3 unspecified atom stereocenters. The van der Waals surface area contributed by atoms with Crippen LogP contribution in [0.15, 0.2) is 0 Å². The van der Waals surface area contributed by atoms with Crippen molar-refractivity contribution in [3.8, 4) is 0 Å². The van der Waals surface area contributed by atoms with Crippen LogP contribution in [0.5, 0.6) is 0 Å². The van der Waals surface area contributed by atoms with Crippen molar-refractivity contribution in [3.63, 3.8) is 0 Å². The molecule has 16 heavy (non-hydrogen) atoms. The quantitative estimate of drug-likeness (QED) is 0.647. The van der Waals surface area contributed by atoms with Crippen LogP contribution in [0, 0.1) is 5.92 Å². The Bertz CT molecular complexity index is 185. The van der Waals surface area contributed by atoms with Crippen molar-refractivity contribution in [2.24, 2.45) is 5.92 Å². The van der Waals surface area contributed by atoms with Crippen molar-refractivity contribution < 1.29 is 9.47 Å². The third kappa shape index (κ3) is 4.04. The first kappa shape index (κ1) is 13.9. The molecule has 0 amide bonds. The Hall–Kier alpha value is -0.120. The van der Waals surface area contributed by atoms with Crippen LogP contribution in [-0.2, 0) is 9.47 Å². The lowest BCUT2D eigenvalue weighted by Crippen LogP contribution is -2.59. The summed E-state index contributed by atoms with van der Waals surface area (Å²) in [6.45, 7) is 8.51. The lowest BCUT2D eigenvalue weighted by molar-refractivity contribution is -0.134. The lowest BCUT2D eigenvalue weighted by atomic mass is 9.85. The molecule has 0 aromatic carbocycles. The van der Waals surface area contributed by atoms with Gasteiger partial charge in [0.1, 0.15) is 0 Å². The summed E-state index contributed by atoms with van der Waals surface area (Å²) in [5.41, 5.74) is 0. The molecule has 3 atom stereocenters. The van der Waals surface area contributed by atoms with Gasteiger partial charge in [0.25, 0.3) is 0 Å². The smallest absolute Gasteiger partial charge is 0.0986 e. The van der Waals surface area contributed by atoms with E-state index in [1.54, 1.807) is 7.11 Å². The fraction of sp³-hybridized carbons (Fsp3) is 1.00. The van der Waals surface area contributed by atoms with Crippen LogP contribution in [0.1, 0.15) is 40.0 Å². The third-order valence-electron chi connectivity index (χ3n) is 3.25. The highest BCUT2D eigenvalue weighted by Crippen LogP contribution is 2.27. The van der Waals surface area contributed by atoms with Gasteiger partial charge in [-0.1, -0.05) is 20.8 Å². The van der Waals surface area contributed by atoms with Gasteiger partial charge in [-0.15, -0.1) is 0 Å². The molecule has 1 fully saturated rings. The lowest BCUT2D eigenvalue weighted by Gasteiger charge is -2.43. The van der Waals surface area contributed by atoms with Crippen molar-refractivity contribution in [1.82, 2.24) is 5.32 Å². The summed E-state index contributed by atoms with van der Waals surface area (Å²) in [7, 11) is 1.78. The summed E-state index contributed by atoms with van der Waals surface area (Å²) in [5.74, 6) is 0.776. The van der Waals surface area contributed by atoms with Crippen LogP contribution in [-0.4, -0.2) is 38.5 Å². The summed E-state index contributed by atoms with van der Waals surface area (Å²) in [6, 6.07) is 0.491. The van der Waals surface area contributed by atoms with Gasteiger partial charge >= 0.3 is 0 Å². The van der Waals surface area contributed by atoms with Gasteiger partial charge in [-0.3, -0.25) is 0 Å². The number of rotatable bonds is 8. The highest BCUT2D eigenvalue weighted by atomic mass is 16.5. The molecule has 1 N–H and O–H groups in total. The first-order valence-corrected chi connectivity index (χ1v) is 6.56. The van der Waals surface area contributed by atoms with Gasteiger partial charge in [-0.25, -0.2) is 0 Å². The van der Waals surface area contributed by atoms with Gasteiger partial charge in [0, 0.05) is 19.8 Å². The Morgan fingerprint density at radius 2 is 2.12 bits per heavy atom. The van der Waals surface area contributed by atoms with Crippen molar-refractivity contribution in [1.29, 1.82) is 0 Å². The molecule has 3 heteroatoms. The van der Waals surface area contributed by atoms with E-state index in [1.165, 1.54) is 6.42 Å². The van der Waals surface area contributed by atoms with E-state index in [0.29, 0.717) is 12.1 Å². The molecule has 1 aliphatic rings.